The molecule has 0 aliphatic carbocycles. The van der Waals surface area contributed by atoms with Crippen molar-refractivity contribution >= 4 is 5.69 Å². The van der Waals surface area contributed by atoms with Crippen LogP contribution in [0.25, 0.3) is 0 Å². The number of aromatic nitrogens is 2. The van der Waals surface area contributed by atoms with Crippen molar-refractivity contribution in [2.45, 2.75) is 32.1 Å². The molecule has 0 radical (unpaired) electrons. The second-order valence-corrected chi connectivity index (χ2v) is 8.65. The molecule has 5 rings (SSSR count). The van der Waals surface area contributed by atoms with Crippen LogP contribution in [0, 0.1) is 11.3 Å². The highest BCUT2D eigenvalue weighted by molar-refractivity contribution is 5.58. The van der Waals surface area contributed by atoms with Gasteiger partial charge in [0.25, 0.3) is 0 Å². The molecule has 0 saturated heterocycles. The van der Waals surface area contributed by atoms with Crippen molar-refractivity contribution in [2.75, 3.05) is 11.4 Å². The maximum atomic E-state index is 9.54. The first-order valence-corrected chi connectivity index (χ1v) is 11.4. The van der Waals surface area contributed by atoms with Gasteiger partial charge in [0.05, 0.1) is 30.2 Å². The Bertz CT molecular complexity index is 1210. The molecule has 5 heteroatoms. The van der Waals surface area contributed by atoms with E-state index in [1.54, 1.807) is 6.33 Å². The minimum absolute atomic E-state index is 0.313. The van der Waals surface area contributed by atoms with Gasteiger partial charge in [0, 0.05) is 37.6 Å². The van der Waals surface area contributed by atoms with Crippen LogP contribution in [0.15, 0.2) is 91.4 Å². The average Bonchev–Trinajstić information content (AvgIpc) is 3.32. The van der Waals surface area contributed by atoms with Gasteiger partial charge in [0.2, 0.25) is 0 Å². The van der Waals surface area contributed by atoms with Crippen LogP contribution < -0.4 is 4.90 Å². The molecular weight excluding hydrogens is 406 g/mol. The number of rotatable bonds is 6. The third-order valence-corrected chi connectivity index (χ3v) is 6.33. The van der Waals surface area contributed by atoms with Gasteiger partial charge in [-0.1, -0.05) is 60.7 Å². The zero-order valence-corrected chi connectivity index (χ0v) is 18.6. The fourth-order valence-electron chi connectivity index (χ4n) is 4.72. The van der Waals surface area contributed by atoms with E-state index in [-0.39, 0.29) is 0 Å². The van der Waals surface area contributed by atoms with Crippen molar-refractivity contribution in [3.05, 3.63) is 119 Å². The van der Waals surface area contributed by atoms with E-state index in [2.05, 4.69) is 98.6 Å². The summed E-state index contributed by atoms with van der Waals surface area (Å²) in [6.07, 6.45) is 4.59. The fourth-order valence-corrected chi connectivity index (χ4v) is 4.72. The molecule has 33 heavy (non-hydrogen) atoms. The third-order valence-electron chi connectivity index (χ3n) is 6.33. The Morgan fingerprint density at radius 2 is 1.70 bits per heavy atom. The first-order valence-electron chi connectivity index (χ1n) is 11.4. The van der Waals surface area contributed by atoms with Crippen molar-refractivity contribution in [1.82, 2.24) is 14.9 Å². The van der Waals surface area contributed by atoms with Gasteiger partial charge >= 0.3 is 0 Å². The second-order valence-electron chi connectivity index (χ2n) is 8.65. The molecule has 0 bridgehead atoms. The molecule has 164 valence electrons. The minimum atomic E-state index is 0.313. The quantitative estimate of drug-likeness (QED) is 0.469. The standard InChI is InChI=1S/C28H27N5/c29-15-24-11-12-28-25(13-24)18-32(17-23-9-5-2-6-10-23)27(14-22-7-3-1-4-8-22)20-33(28)19-26-16-30-21-31-26/h1-13,16,21,27H,14,17-20H2,(H,30,31)/t27-/m1/s1. The van der Waals surface area contributed by atoms with E-state index < -0.39 is 0 Å². The van der Waals surface area contributed by atoms with Gasteiger partial charge in [0.1, 0.15) is 0 Å². The third kappa shape index (κ3) is 4.97. The van der Waals surface area contributed by atoms with E-state index >= 15 is 0 Å². The summed E-state index contributed by atoms with van der Waals surface area (Å²) in [6.45, 7) is 3.31. The number of hydrogen-bond acceptors (Lipinski definition) is 4. The van der Waals surface area contributed by atoms with Crippen LogP contribution in [0.2, 0.25) is 0 Å². The first-order chi connectivity index (χ1) is 16.3. The molecule has 3 aromatic carbocycles. The largest absolute Gasteiger partial charge is 0.364 e. The zero-order chi connectivity index (χ0) is 22.5. The number of aromatic amines is 1. The highest BCUT2D eigenvalue weighted by Gasteiger charge is 2.29. The van der Waals surface area contributed by atoms with Crippen LogP contribution in [-0.4, -0.2) is 27.5 Å². The number of anilines is 1. The van der Waals surface area contributed by atoms with Crippen LogP contribution >= 0.6 is 0 Å². The Kier molecular flexibility index (Phi) is 6.19. The molecule has 2 heterocycles. The average molecular weight is 434 g/mol. The van der Waals surface area contributed by atoms with Gasteiger partial charge in [-0.15, -0.1) is 0 Å². The zero-order valence-electron chi connectivity index (χ0n) is 18.6. The molecule has 0 saturated carbocycles. The maximum Gasteiger partial charge on any atom is 0.0991 e. The van der Waals surface area contributed by atoms with Gasteiger partial charge in [-0.3, -0.25) is 4.90 Å². The Morgan fingerprint density at radius 1 is 0.939 bits per heavy atom. The number of H-pyrrole nitrogens is 1. The summed E-state index contributed by atoms with van der Waals surface area (Å²) in [5, 5.41) is 9.54. The van der Waals surface area contributed by atoms with Crippen LogP contribution in [0.3, 0.4) is 0 Å². The van der Waals surface area contributed by atoms with E-state index in [9.17, 15) is 5.26 Å². The number of fused-ring (bicyclic) bond motifs is 1. The molecule has 0 fully saturated rings. The van der Waals surface area contributed by atoms with Crippen LogP contribution in [-0.2, 0) is 26.1 Å². The summed E-state index contributed by atoms with van der Waals surface area (Å²) in [6, 6.07) is 30.1. The predicted molar refractivity (Wildman–Crippen MR) is 130 cm³/mol. The van der Waals surface area contributed by atoms with E-state index in [0.717, 1.165) is 38.3 Å². The van der Waals surface area contributed by atoms with Crippen molar-refractivity contribution in [1.29, 1.82) is 5.26 Å². The summed E-state index contributed by atoms with van der Waals surface area (Å²) in [5.41, 5.74) is 6.82. The molecule has 1 atom stereocenters. The Morgan fingerprint density at radius 3 is 2.39 bits per heavy atom. The Labute approximate surface area is 194 Å². The van der Waals surface area contributed by atoms with Gasteiger partial charge in [-0.05, 0) is 41.3 Å². The summed E-state index contributed by atoms with van der Waals surface area (Å²) < 4.78 is 0. The van der Waals surface area contributed by atoms with Crippen LogP contribution in [0.5, 0.6) is 0 Å². The number of nitrogens with one attached hydrogen (secondary N) is 1. The van der Waals surface area contributed by atoms with Crippen molar-refractivity contribution in [2.24, 2.45) is 0 Å². The SMILES string of the molecule is N#Cc1ccc2c(c1)CN(Cc1ccccc1)[C@H](Cc1ccccc1)CN2Cc1cnc[nH]1. The normalized spacial score (nSPS) is 16.1. The first kappa shape index (κ1) is 21.0. The van der Waals surface area contributed by atoms with Crippen molar-refractivity contribution in [3.63, 3.8) is 0 Å². The van der Waals surface area contributed by atoms with Gasteiger partial charge < -0.3 is 9.88 Å². The highest BCUT2D eigenvalue weighted by atomic mass is 15.2. The molecule has 4 aromatic rings. The Balaban J connectivity index is 1.53. The van der Waals surface area contributed by atoms with Gasteiger partial charge in [-0.25, -0.2) is 4.98 Å². The van der Waals surface area contributed by atoms with E-state index in [0.29, 0.717) is 11.6 Å². The van der Waals surface area contributed by atoms with E-state index in [4.69, 9.17) is 0 Å². The molecule has 1 aromatic heterocycles. The molecule has 1 aliphatic rings. The molecule has 0 amide bonds. The number of nitriles is 1. The van der Waals surface area contributed by atoms with Gasteiger partial charge in [-0.2, -0.15) is 5.26 Å². The Hall–Kier alpha value is -3.88. The number of benzene rings is 3. The fraction of sp³-hybridized carbons (Fsp3) is 0.214. The van der Waals surface area contributed by atoms with E-state index in [1.807, 2.05) is 12.3 Å². The molecule has 0 unspecified atom stereocenters. The summed E-state index contributed by atoms with van der Waals surface area (Å²) >= 11 is 0. The smallest absolute Gasteiger partial charge is 0.0991 e. The lowest BCUT2D eigenvalue weighted by molar-refractivity contribution is 0.184. The lowest BCUT2D eigenvalue weighted by Crippen LogP contribution is -2.42. The monoisotopic (exact) mass is 433 g/mol. The summed E-state index contributed by atoms with van der Waals surface area (Å²) in [5.74, 6) is 0. The highest BCUT2D eigenvalue weighted by Crippen LogP contribution is 2.31. The lowest BCUT2D eigenvalue weighted by atomic mass is 10.0. The van der Waals surface area contributed by atoms with Crippen LogP contribution in [0.4, 0.5) is 5.69 Å². The topological polar surface area (TPSA) is 59.0 Å². The number of imidazole rings is 1. The van der Waals surface area contributed by atoms with Crippen LogP contribution in [0.1, 0.15) is 27.9 Å². The molecule has 1 N–H and O–H groups in total. The van der Waals surface area contributed by atoms with Gasteiger partial charge in [0.15, 0.2) is 0 Å². The summed E-state index contributed by atoms with van der Waals surface area (Å²) in [7, 11) is 0. The van der Waals surface area contributed by atoms with Crippen molar-refractivity contribution in [3.8, 4) is 6.07 Å². The molecule has 0 spiro atoms. The molecule has 1 aliphatic heterocycles. The second kappa shape index (κ2) is 9.72. The minimum Gasteiger partial charge on any atom is -0.364 e. The summed E-state index contributed by atoms with van der Waals surface area (Å²) in [4.78, 5) is 12.5. The van der Waals surface area contributed by atoms with Crippen molar-refractivity contribution < 1.29 is 0 Å². The maximum absolute atomic E-state index is 9.54. The predicted octanol–water partition coefficient (Wildman–Crippen LogP) is 4.92. The molecular formula is C28H27N5. The molecule has 5 nitrogen and oxygen atoms in total. The lowest BCUT2D eigenvalue weighted by Gasteiger charge is -2.33. The number of nitrogens with zero attached hydrogens (tertiary/aromatic N) is 4. The number of hydrogen-bond donors (Lipinski definition) is 1. The van der Waals surface area contributed by atoms with E-state index in [1.165, 1.54) is 22.4 Å².